The number of aromatic nitrogens is 1. The van der Waals surface area contributed by atoms with Crippen molar-refractivity contribution in [2.75, 3.05) is 12.3 Å². The number of nitrogens with zero attached hydrogens (tertiary/aromatic N) is 1. The van der Waals surface area contributed by atoms with E-state index in [1.807, 2.05) is 25.1 Å². The van der Waals surface area contributed by atoms with Crippen LogP contribution in [0.4, 0.5) is 5.69 Å². The summed E-state index contributed by atoms with van der Waals surface area (Å²) >= 11 is 1.70. The molecule has 0 amide bonds. The van der Waals surface area contributed by atoms with Gasteiger partial charge in [0.1, 0.15) is 5.01 Å². The minimum absolute atomic E-state index is 0.832. The smallest absolute Gasteiger partial charge is 0.107 e. The van der Waals surface area contributed by atoms with Crippen LogP contribution in [0, 0.1) is 6.92 Å². The molecule has 1 aromatic heterocycles. The summed E-state index contributed by atoms with van der Waals surface area (Å²) in [5, 5.41) is 6.62. The summed E-state index contributed by atoms with van der Waals surface area (Å²) < 4.78 is 0. The highest BCUT2D eigenvalue weighted by molar-refractivity contribution is 7.09. The van der Waals surface area contributed by atoms with E-state index in [0.717, 1.165) is 35.9 Å². The summed E-state index contributed by atoms with van der Waals surface area (Å²) in [7, 11) is 0. The SMILES string of the molecule is Cc1csc(CNCCc2cccc(N)c2)n1. The standard InChI is InChI=1S/C13H17N3S/c1-10-9-17-13(16-10)8-15-6-5-11-3-2-4-12(14)7-11/h2-4,7,9,15H,5-6,8,14H2,1H3. The number of nitrogens with one attached hydrogen (secondary N) is 1. The maximum Gasteiger partial charge on any atom is 0.107 e. The first-order valence-corrected chi connectivity index (χ1v) is 6.58. The Bertz CT molecular complexity index is 479. The van der Waals surface area contributed by atoms with E-state index in [1.165, 1.54) is 5.56 Å². The molecule has 3 N–H and O–H groups in total. The lowest BCUT2D eigenvalue weighted by molar-refractivity contribution is 0.683. The molecule has 0 aliphatic carbocycles. The second-order valence-electron chi connectivity index (χ2n) is 4.05. The van der Waals surface area contributed by atoms with Gasteiger partial charge >= 0.3 is 0 Å². The van der Waals surface area contributed by atoms with Crippen molar-refractivity contribution >= 4 is 17.0 Å². The van der Waals surface area contributed by atoms with E-state index in [9.17, 15) is 0 Å². The molecule has 3 nitrogen and oxygen atoms in total. The first kappa shape index (κ1) is 12.1. The molecule has 0 bridgehead atoms. The van der Waals surface area contributed by atoms with Gasteiger partial charge < -0.3 is 11.1 Å². The Morgan fingerprint density at radius 2 is 2.29 bits per heavy atom. The van der Waals surface area contributed by atoms with Crippen LogP contribution in [0.3, 0.4) is 0 Å². The lowest BCUT2D eigenvalue weighted by Gasteiger charge is -2.03. The predicted molar refractivity (Wildman–Crippen MR) is 73.1 cm³/mol. The molecule has 0 fully saturated rings. The topological polar surface area (TPSA) is 50.9 Å². The maximum absolute atomic E-state index is 5.73. The van der Waals surface area contributed by atoms with E-state index < -0.39 is 0 Å². The van der Waals surface area contributed by atoms with Gasteiger partial charge in [0.15, 0.2) is 0 Å². The van der Waals surface area contributed by atoms with Crippen molar-refractivity contribution in [2.24, 2.45) is 0 Å². The number of thiazole rings is 1. The third-order valence-electron chi connectivity index (χ3n) is 2.48. The molecule has 1 aromatic carbocycles. The molecule has 0 aliphatic rings. The zero-order chi connectivity index (χ0) is 12.1. The third-order valence-corrected chi connectivity index (χ3v) is 3.45. The third kappa shape index (κ3) is 3.84. The van der Waals surface area contributed by atoms with Crippen LogP contribution in [0.5, 0.6) is 0 Å². The lowest BCUT2D eigenvalue weighted by atomic mass is 10.1. The average molecular weight is 247 g/mol. The summed E-state index contributed by atoms with van der Waals surface area (Å²) in [6.07, 6.45) is 0.995. The molecule has 0 atom stereocenters. The van der Waals surface area contributed by atoms with Gasteiger partial charge in [0.05, 0.1) is 0 Å². The number of nitrogen functional groups attached to an aromatic ring is 1. The van der Waals surface area contributed by atoms with Crippen molar-refractivity contribution < 1.29 is 0 Å². The Balaban J connectivity index is 1.73. The van der Waals surface area contributed by atoms with Crippen molar-refractivity contribution in [2.45, 2.75) is 19.9 Å². The highest BCUT2D eigenvalue weighted by atomic mass is 32.1. The molecule has 0 aliphatic heterocycles. The number of nitrogens with two attached hydrogens (primary N) is 1. The van der Waals surface area contributed by atoms with E-state index >= 15 is 0 Å². The Hall–Kier alpha value is -1.39. The molecular formula is C13H17N3S. The molecule has 17 heavy (non-hydrogen) atoms. The summed E-state index contributed by atoms with van der Waals surface area (Å²) in [6.45, 7) is 3.82. The lowest BCUT2D eigenvalue weighted by Crippen LogP contribution is -2.16. The van der Waals surface area contributed by atoms with Crippen LogP contribution in [0.25, 0.3) is 0 Å². The van der Waals surface area contributed by atoms with E-state index in [2.05, 4.69) is 21.7 Å². The first-order chi connectivity index (χ1) is 8.24. The molecule has 0 unspecified atom stereocenters. The van der Waals surface area contributed by atoms with Crippen LogP contribution in [-0.4, -0.2) is 11.5 Å². The molecule has 4 heteroatoms. The minimum Gasteiger partial charge on any atom is -0.399 e. The fourth-order valence-corrected chi connectivity index (χ4v) is 2.40. The van der Waals surface area contributed by atoms with Crippen LogP contribution >= 0.6 is 11.3 Å². The summed E-state index contributed by atoms with van der Waals surface area (Å²) in [5.74, 6) is 0. The summed E-state index contributed by atoms with van der Waals surface area (Å²) in [6, 6.07) is 8.03. The van der Waals surface area contributed by atoms with Crippen LogP contribution in [0.2, 0.25) is 0 Å². The number of aryl methyl sites for hydroxylation is 1. The largest absolute Gasteiger partial charge is 0.399 e. The number of benzene rings is 1. The number of hydrogen-bond acceptors (Lipinski definition) is 4. The van der Waals surface area contributed by atoms with Crippen molar-refractivity contribution in [3.63, 3.8) is 0 Å². The van der Waals surface area contributed by atoms with Crippen molar-refractivity contribution in [3.8, 4) is 0 Å². The van der Waals surface area contributed by atoms with Crippen LogP contribution < -0.4 is 11.1 Å². The molecule has 0 spiro atoms. The number of rotatable bonds is 5. The first-order valence-electron chi connectivity index (χ1n) is 5.70. The van der Waals surface area contributed by atoms with Gasteiger partial charge in [-0.25, -0.2) is 4.98 Å². The molecule has 0 saturated heterocycles. The van der Waals surface area contributed by atoms with E-state index in [-0.39, 0.29) is 0 Å². The van der Waals surface area contributed by atoms with Gasteiger partial charge in [0.25, 0.3) is 0 Å². The Morgan fingerprint density at radius 1 is 1.41 bits per heavy atom. The normalized spacial score (nSPS) is 10.6. The maximum atomic E-state index is 5.73. The summed E-state index contributed by atoms with van der Waals surface area (Å²) in [5.41, 5.74) is 8.93. The fourth-order valence-electron chi connectivity index (χ4n) is 1.66. The van der Waals surface area contributed by atoms with Gasteiger partial charge in [0, 0.05) is 23.3 Å². The number of hydrogen-bond donors (Lipinski definition) is 2. The monoisotopic (exact) mass is 247 g/mol. The van der Waals surface area contributed by atoms with Gasteiger partial charge in [-0.3, -0.25) is 0 Å². The quantitative estimate of drug-likeness (QED) is 0.630. The Kier molecular flexibility index (Phi) is 4.12. The van der Waals surface area contributed by atoms with E-state index in [0.29, 0.717) is 0 Å². The van der Waals surface area contributed by atoms with Crippen LogP contribution in [0.15, 0.2) is 29.6 Å². The van der Waals surface area contributed by atoms with Crippen molar-refractivity contribution in [3.05, 3.63) is 45.9 Å². The molecule has 90 valence electrons. The number of anilines is 1. The zero-order valence-electron chi connectivity index (χ0n) is 9.94. The molecule has 1 heterocycles. The summed E-state index contributed by atoms with van der Waals surface area (Å²) in [4.78, 5) is 4.41. The predicted octanol–water partition coefficient (Wildman–Crippen LogP) is 2.37. The zero-order valence-corrected chi connectivity index (χ0v) is 10.8. The van der Waals surface area contributed by atoms with E-state index in [4.69, 9.17) is 5.73 Å². The van der Waals surface area contributed by atoms with Gasteiger partial charge in [-0.1, -0.05) is 12.1 Å². The van der Waals surface area contributed by atoms with Crippen LogP contribution in [-0.2, 0) is 13.0 Å². The molecule has 0 radical (unpaired) electrons. The molecule has 2 rings (SSSR count). The highest BCUT2D eigenvalue weighted by Crippen LogP contribution is 2.09. The van der Waals surface area contributed by atoms with Gasteiger partial charge in [-0.15, -0.1) is 11.3 Å². The second kappa shape index (κ2) is 5.80. The van der Waals surface area contributed by atoms with Gasteiger partial charge in [-0.05, 0) is 37.6 Å². The fraction of sp³-hybridized carbons (Fsp3) is 0.308. The van der Waals surface area contributed by atoms with Crippen LogP contribution in [0.1, 0.15) is 16.3 Å². The average Bonchev–Trinajstić information content (AvgIpc) is 2.71. The van der Waals surface area contributed by atoms with E-state index in [1.54, 1.807) is 11.3 Å². The Labute approximate surface area is 106 Å². The second-order valence-corrected chi connectivity index (χ2v) is 5.00. The van der Waals surface area contributed by atoms with Crippen molar-refractivity contribution in [1.82, 2.24) is 10.3 Å². The molecule has 2 aromatic rings. The molecular weight excluding hydrogens is 230 g/mol. The minimum atomic E-state index is 0.832. The Morgan fingerprint density at radius 3 is 3.00 bits per heavy atom. The molecule has 0 saturated carbocycles. The van der Waals surface area contributed by atoms with Gasteiger partial charge in [-0.2, -0.15) is 0 Å². The van der Waals surface area contributed by atoms with Gasteiger partial charge in [0.2, 0.25) is 0 Å². The van der Waals surface area contributed by atoms with Crippen molar-refractivity contribution in [1.29, 1.82) is 0 Å². The highest BCUT2D eigenvalue weighted by Gasteiger charge is 1.98.